The molecule has 0 aliphatic carbocycles. The first-order valence-electron chi connectivity index (χ1n) is 9.46. The molecule has 1 aliphatic rings. The average molecular weight is 364 g/mol. The van der Waals surface area contributed by atoms with Crippen LogP contribution in [0.15, 0.2) is 24.3 Å². The van der Waals surface area contributed by atoms with E-state index in [4.69, 9.17) is 9.47 Å². The highest BCUT2D eigenvalue weighted by molar-refractivity contribution is 5.74. The highest BCUT2D eigenvalue weighted by Crippen LogP contribution is 2.18. The van der Waals surface area contributed by atoms with E-state index in [1.807, 2.05) is 29.2 Å². The van der Waals surface area contributed by atoms with E-state index in [0.29, 0.717) is 18.6 Å². The number of hydrogen-bond acceptors (Lipinski definition) is 4. The van der Waals surface area contributed by atoms with E-state index in [9.17, 15) is 4.79 Å². The van der Waals surface area contributed by atoms with Crippen LogP contribution in [0.2, 0.25) is 0 Å². The Bertz CT molecular complexity index is 555. The van der Waals surface area contributed by atoms with Crippen LogP contribution in [0.4, 0.5) is 4.79 Å². The maximum atomic E-state index is 12.5. The third kappa shape index (κ3) is 5.61. The normalized spacial score (nSPS) is 20.8. The Morgan fingerprint density at radius 2 is 1.88 bits per heavy atom. The van der Waals surface area contributed by atoms with Crippen molar-refractivity contribution in [3.8, 4) is 5.75 Å². The van der Waals surface area contributed by atoms with Crippen LogP contribution >= 0.6 is 0 Å². The maximum Gasteiger partial charge on any atom is 0.317 e. The van der Waals surface area contributed by atoms with Gasteiger partial charge in [-0.1, -0.05) is 18.2 Å². The van der Waals surface area contributed by atoms with Crippen molar-refractivity contribution in [3.05, 3.63) is 29.8 Å². The molecular formula is C20H33N3O3. The van der Waals surface area contributed by atoms with Gasteiger partial charge in [0.1, 0.15) is 5.75 Å². The molecule has 1 aliphatic heterocycles. The Kier molecular flexibility index (Phi) is 8.19. The molecule has 2 amide bonds. The van der Waals surface area contributed by atoms with Gasteiger partial charge in [0, 0.05) is 52.0 Å². The van der Waals surface area contributed by atoms with E-state index in [2.05, 4.69) is 24.1 Å². The van der Waals surface area contributed by atoms with Crippen molar-refractivity contribution in [1.82, 2.24) is 15.1 Å². The van der Waals surface area contributed by atoms with Crippen LogP contribution in [0, 0.1) is 0 Å². The van der Waals surface area contributed by atoms with Crippen molar-refractivity contribution >= 4 is 6.03 Å². The van der Waals surface area contributed by atoms with Crippen LogP contribution in [0.1, 0.15) is 25.8 Å². The fourth-order valence-corrected chi connectivity index (χ4v) is 3.68. The number of piperazine rings is 1. The second-order valence-electron chi connectivity index (χ2n) is 6.98. The van der Waals surface area contributed by atoms with Gasteiger partial charge in [-0.25, -0.2) is 4.79 Å². The number of carbonyl (C=O) groups is 1. The van der Waals surface area contributed by atoms with Crippen molar-refractivity contribution in [2.45, 2.75) is 38.8 Å². The van der Waals surface area contributed by atoms with E-state index in [-0.39, 0.29) is 6.03 Å². The zero-order valence-electron chi connectivity index (χ0n) is 16.5. The minimum Gasteiger partial charge on any atom is -0.496 e. The van der Waals surface area contributed by atoms with Gasteiger partial charge in [0.25, 0.3) is 0 Å². The van der Waals surface area contributed by atoms with E-state index in [1.165, 1.54) is 0 Å². The Balaban J connectivity index is 1.79. The number of methoxy groups -OCH3 is 2. The monoisotopic (exact) mass is 363 g/mol. The first-order chi connectivity index (χ1) is 12.6. The number of carbonyl (C=O) groups excluding carboxylic acids is 1. The molecule has 0 spiro atoms. The smallest absolute Gasteiger partial charge is 0.317 e. The quantitative estimate of drug-likeness (QED) is 0.721. The van der Waals surface area contributed by atoms with Gasteiger partial charge in [0.2, 0.25) is 0 Å². The summed E-state index contributed by atoms with van der Waals surface area (Å²) < 4.78 is 10.5. The van der Waals surface area contributed by atoms with Crippen LogP contribution in [-0.2, 0) is 11.2 Å². The summed E-state index contributed by atoms with van der Waals surface area (Å²) >= 11 is 0. The molecular weight excluding hydrogens is 330 g/mol. The van der Waals surface area contributed by atoms with E-state index in [1.54, 1.807) is 14.2 Å². The first kappa shape index (κ1) is 20.5. The lowest BCUT2D eigenvalue weighted by Gasteiger charge is -2.44. The average Bonchev–Trinajstić information content (AvgIpc) is 2.64. The fraction of sp³-hybridized carbons (Fsp3) is 0.650. The SMILES string of the molecule is COCCCN1C(C)CN(C(=O)NCCc2ccccc2OC)CC1C. The van der Waals surface area contributed by atoms with Gasteiger partial charge in [0.15, 0.2) is 0 Å². The zero-order chi connectivity index (χ0) is 18.9. The summed E-state index contributed by atoms with van der Waals surface area (Å²) in [5.41, 5.74) is 1.11. The molecule has 146 valence electrons. The molecule has 2 unspecified atom stereocenters. The van der Waals surface area contributed by atoms with Crippen molar-refractivity contribution in [3.63, 3.8) is 0 Å². The van der Waals surface area contributed by atoms with Gasteiger partial charge in [-0.3, -0.25) is 4.90 Å². The molecule has 26 heavy (non-hydrogen) atoms. The van der Waals surface area contributed by atoms with E-state index in [0.717, 1.165) is 50.4 Å². The summed E-state index contributed by atoms with van der Waals surface area (Å²) in [6.07, 6.45) is 1.79. The van der Waals surface area contributed by atoms with Gasteiger partial charge >= 0.3 is 6.03 Å². The Morgan fingerprint density at radius 3 is 2.54 bits per heavy atom. The predicted molar refractivity (Wildman–Crippen MR) is 104 cm³/mol. The van der Waals surface area contributed by atoms with Crippen LogP contribution in [0.25, 0.3) is 0 Å². The summed E-state index contributed by atoms with van der Waals surface area (Å²) in [7, 11) is 3.41. The summed E-state index contributed by atoms with van der Waals surface area (Å²) in [4.78, 5) is 17.0. The number of ether oxygens (including phenoxy) is 2. The number of urea groups is 1. The summed E-state index contributed by atoms with van der Waals surface area (Å²) in [6, 6.07) is 8.67. The molecule has 6 nitrogen and oxygen atoms in total. The van der Waals surface area contributed by atoms with Crippen molar-refractivity contribution < 1.29 is 14.3 Å². The van der Waals surface area contributed by atoms with Crippen molar-refractivity contribution in [2.24, 2.45) is 0 Å². The molecule has 6 heteroatoms. The molecule has 1 aromatic carbocycles. The third-order valence-corrected chi connectivity index (χ3v) is 5.02. The van der Waals surface area contributed by atoms with E-state index < -0.39 is 0 Å². The number of nitrogens with one attached hydrogen (secondary N) is 1. The molecule has 0 bridgehead atoms. The molecule has 1 aromatic rings. The van der Waals surface area contributed by atoms with Crippen LogP contribution in [0.3, 0.4) is 0 Å². The largest absolute Gasteiger partial charge is 0.496 e. The number of rotatable bonds is 8. The standard InChI is InChI=1S/C20H33N3O3/c1-16-14-22(15-17(2)23(16)12-7-13-25-3)20(24)21-11-10-18-8-5-6-9-19(18)26-4/h5-6,8-9,16-17H,7,10-15H2,1-4H3,(H,21,24). The minimum absolute atomic E-state index is 0.0233. The van der Waals surface area contributed by atoms with Gasteiger partial charge in [0.05, 0.1) is 7.11 Å². The second-order valence-corrected chi connectivity index (χ2v) is 6.98. The van der Waals surface area contributed by atoms with Gasteiger partial charge in [-0.05, 0) is 38.3 Å². The maximum absolute atomic E-state index is 12.5. The molecule has 1 N–H and O–H groups in total. The number of amides is 2. The van der Waals surface area contributed by atoms with Crippen LogP contribution < -0.4 is 10.1 Å². The molecule has 2 atom stereocenters. The van der Waals surface area contributed by atoms with Gasteiger partial charge < -0.3 is 19.7 Å². The molecule has 0 radical (unpaired) electrons. The Morgan fingerprint density at radius 1 is 1.19 bits per heavy atom. The predicted octanol–water partition coefficient (Wildman–Crippen LogP) is 2.38. The molecule has 0 saturated carbocycles. The number of nitrogens with zero attached hydrogens (tertiary/aromatic N) is 2. The highest BCUT2D eigenvalue weighted by atomic mass is 16.5. The lowest BCUT2D eigenvalue weighted by Crippen LogP contribution is -2.59. The van der Waals surface area contributed by atoms with Gasteiger partial charge in [-0.2, -0.15) is 0 Å². The lowest BCUT2D eigenvalue weighted by atomic mass is 10.1. The molecule has 2 rings (SSSR count). The summed E-state index contributed by atoms with van der Waals surface area (Å²) in [5.74, 6) is 0.869. The molecule has 1 saturated heterocycles. The third-order valence-electron chi connectivity index (χ3n) is 5.02. The molecule has 1 fully saturated rings. The minimum atomic E-state index is 0.0233. The van der Waals surface area contributed by atoms with Crippen molar-refractivity contribution in [2.75, 3.05) is 47.0 Å². The Hall–Kier alpha value is -1.79. The zero-order valence-corrected chi connectivity index (χ0v) is 16.5. The lowest BCUT2D eigenvalue weighted by molar-refractivity contribution is 0.0481. The summed E-state index contributed by atoms with van der Waals surface area (Å²) in [6.45, 7) is 8.31. The first-order valence-corrected chi connectivity index (χ1v) is 9.46. The topological polar surface area (TPSA) is 54.0 Å². The Labute approximate surface area is 157 Å². The second kappa shape index (κ2) is 10.4. The molecule has 1 heterocycles. The number of para-hydroxylation sites is 1. The fourth-order valence-electron chi connectivity index (χ4n) is 3.68. The van der Waals surface area contributed by atoms with Gasteiger partial charge in [-0.15, -0.1) is 0 Å². The molecule has 0 aromatic heterocycles. The van der Waals surface area contributed by atoms with Crippen LogP contribution in [-0.4, -0.2) is 74.9 Å². The summed E-state index contributed by atoms with van der Waals surface area (Å²) in [5, 5.41) is 3.05. The van der Waals surface area contributed by atoms with Crippen molar-refractivity contribution in [1.29, 1.82) is 0 Å². The van der Waals surface area contributed by atoms with Crippen LogP contribution in [0.5, 0.6) is 5.75 Å². The highest BCUT2D eigenvalue weighted by Gasteiger charge is 2.31. The number of benzene rings is 1. The number of hydrogen-bond donors (Lipinski definition) is 1. The van der Waals surface area contributed by atoms with E-state index >= 15 is 0 Å².